The van der Waals surface area contributed by atoms with Gasteiger partial charge in [-0.2, -0.15) is 0 Å². The molecule has 0 bridgehead atoms. The van der Waals surface area contributed by atoms with Crippen molar-refractivity contribution < 1.29 is 28.4 Å². The molecule has 0 spiro atoms. The van der Waals surface area contributed by atoms with Crippen molar-refractivity contribution in [2.24, 2.45) is 0 Å². The van der Waals surface area contributed by atoms with Crippen LogP contribution in [0.5, 0.6) is 34.5 Å². The summed E-state index contributed by atoms with van der Waals surface area (Å²) >= 11 is 0. The Morgan fingerprint density at radius 2 is 0.929 bits per heavy atom. The van der Waals surface area contributed by atoms with Crippen LogP contribution < -0.4 is 38.2 Å². The van der Waals surface area contributed by atoms with Crippen molar-refractivity contribution in [2.45, 2.75) is 0 Å². The van der Waals surface area contributed by atoms with Crippen molar-refractivity contribution in [3.05, 3.63) is 60.9 Å². The van der Waals surface area contributed by atoms with Crippen molar-refractivity contribution in [3.63, 3.8) is 0 Å². The maximum atomic E-state index is 5.61. The highest BCUT2D eigenvalue weighted by Crippen LogP contribution is 2.42. The van der Waals surface area contributed by atoms with Crippen LogP contribution in [-0.4, -0.2) is 79.8 Å². The van der Waals surface area contributed by atoms with E-state index in [1.54, 1.807) is 54.8 Å². The molecule has 10 nitrogen and oxygen atoms in total. The summed E-state index contributed by atoms with van der Waals surface area (Å²) in [6.07, 6.45) is 3.71. The molecule has 0 radical (unpaired) electrons. The van der Waals surface area contributed by atoms with Crippen LogP contribution in [0.25, 0.3) is 22.5 Å². The summed E-state index contributed by atoms with van der Waals surface area (Å²) in [6.45, 7) is 1.55. The molecule has 0 aliphatic carbocycles. The Morgan fingerprint density at radius 1 is 0.524 bits per heavy atom. The predicted octanol–water partition coefficient (Wildman–Crippen LogP) is 5.43. The number of aromatic nitrogens is 2. The number of benzene rings is 2. The normalized spacial score (nSPS) is 10.6. The number of nitrogens with zero attached hydrogens (tertiary/aromatic N) is 4. The van der Waals surface area contributed by atoms with Gasteiger partial charge in [-0.1, -0.05) is 0 Å². The Labute approximate surface area is 247 Å². The zero-order valence-corrected chi connectivity index (χ0v) is 25.4. The molecule has 0 aliphatic rings. The number of methoxy groups -OCH3 is 6. The van der Waals surface area contributed by atoms with Crippen molar-refractivity contribution in [1.82, 2.24) is 9.97 Å². The van der Waals surface area contributed by atoms with Gasteiger partial charge in [-0.25, -0.2) is 0 Å². The fraction of sp³-hybridized carbons (Fsp3) is 0.312. The minimum Gasteiger partial charge on any atom is -0.497 e. The van der Waals surface area contributed by atoms with E-state index < -0.39 is 0 Å². The molecule has 42 heavy (non-hydrogen) atoms. The highest BCUT2D eigenvalue weighted by molar-refractivity contribution is 5.75. The van der Waals surface area contributed by atoms with E-state index in [9.17, 15) is 0 Å². The van der Waals surface area contributed by atoms with Gasteiger partial charge in [0.25, 0.3) is 0 Å². The van der Waals surface area contributed by atoms with Crippen LogP contribution in [0.3, 0.4) is 0 Å². The first kappa shape index (κ1) is 30.1. The van der Waals surface area contributed by atoms with Crippen LogP contribution in [-0.2, 0) is 0 Å². The topological polar surface area (TPSA) is 87.6 Å². The Kier molecular flexibility index (Phi) is 9.80. The lowest BCUT2D eigenvalue weighted by Crippen LogP contribution is -2.30. The molecule has 0 amide bonds. The monoisotopic (exact) mass is 574 g/mol. The van der Waals surface area contributed by atoms with Crippen molar-refractivity contribution in [1.29, 1.82) is 0 Å². The molecule has 222 valence electrons. The molecule has 0 unspecified atom stereocenters. The van der Waals surface area contributed by atoms with Crippen LogP contribution in [0.2, 0.25) is 0 Å². The van der Waals surface area contributed by atoms with Crippen LogP contribution in [0.1, 0.15) is 0 Å². The molecule has 2 aromatic carbocycles. The van der Waals surface area contributed by atoms with Crippen LogP contribution in [0, 0.1) is 0 Å². The van der Waals surface area contributed by atoms with E-state index in [1.165, 1.54) is 0 Å². The third-order valence-electron chi connectivity index (χ3n) is 7.08. The zero-order chi connectivity index (χ0) is 30.2. The number of likely N-dealkylation sites (N-methyl/N-ethyl adjacent to an activating group) is 2. The number of anilines is 2. The van der Waals surface area contributed by atoms with Gasteiger partial charge in [-0.3, -0.25) is 9.97 Å². The number of hydrogen-bond donors (Lipinski definition) is 0. The van der Waals surface area contributed by atoms with Gasteiger partial charge < -0.3 is 38.2 Å². The molecular weight excluding hydrogens is 536 g/mol. The average molecular weight is 575 g/mol. The second-order valence-electron chi connectivity index (χ2n) is 9.47. The second-order valence-corrected chi connectivity index (χ2v) is 9.47. The van der Waals surface area contributed by atoms with Crippen LogP contribution in [0.4, 0.5) is 11.4 Å². The molecule has 10 heteroatoms. The average Bonchev–Trinajstić information content (AvgIpc) is 3.05. The molecular formula is C32H38N4O6. The van der Waals surface area contributed by atoms with Crippen LogP contribution in [0.15, 0.2) is 60.9 Å². The van der Waals surface area contributed by atoms with E-state index in [-0.39, 0.29) is 0 Å². The lowest BCUT2D eigenvalue weighted by atomic mass is 10.1. The molecule has 2 heterocycles. The highest BCUT2D eigenvalue weighted by atomic mass is 16.5. The number of pyridine rings is 2. The summed E-state index contributed by atoms with van der Waals surface area (Å²) < 4.78 is 33.1. The highest BCUT2D eigenvalue weighted by Gasteiger charge is 2.18. The summed E-state index contributed by atoms with van der Waals surface area (Å²) in [6, 6.07) is 15.4. The van der Waals surface area contributed by atoms with E-state index in [0.717, 1.165) is 47.0 Å². The maximum absolute atomic E-state index is 5.61. The van der Waals surface area contributed by atoms with E-state index in [2.05, 4.69) is 9.80 Å². The molecule has 0 saturated heterocycles. The molecule has 0 atom stereocenters. The van der Waals surface area contributed by atoms with Gasteiger partial charge in [0, 0.05) is 50.4 Å². The molecule has 0 N–H and O–H groups in total. The van der Waals surface area contributed by atoms with Gasteiger partial charge in [0.15, 0.2) is 23.0 Å². The zero-order valence-electron chi connectivity index (χ0n) is 25.4. The lowest BCUT2D eigenvalue weighted by molar-refractivity contribution is 0.350. The van der Waals surface area contributed by atoms with Gasteiger partial charge >= 0.3 is 0 Å². The Hall–Kier alpha value is -4.86. The SMILES string of the molecule is COc1cc(OC)c(OC)c(-c2ccc(N(C)CCN(C)c3ccc(-c4cc(OC)cc(OC)c4OC)nc3)cn2)c1. The molecule has 2 aromatic heterocycles. The Bertz CT molecular complexity index is 1370. The molecule has 4 rings (SSSR count). The fourth-order valence-corrected chi connectivity index (χ4v) is 4.60. The smallest absolute Gasteiger partial charge is 0.170 e. The minimum atomic E-state index is 0.586. The number of ether oxygens (including phenoxy) is 6. The van der Waals surface area contributed by atoms with Gasteiger partial charge in [-0.05, 0) is 36.4 Å². The third kappa shape index (κ3) is 6.38. The van der Waals surface area contributed by atoms with Crippen molar-refractivity contribution in [3.8, 4) is 57.0 Å². The lowest BCUT2D eigenvalue weighted by Gasteiger charge is -2.25. The molecule has 0 fully saturated rings. The summed E-state index contributed by atoms with van der Waals surface area (Å²) in [5.74, 6) is 3.72. The summed E-state index contributed by atoms with van der Waals surface area (Å²) in [5.41, 5.74) is 5.10. The minimum absolute atomic E-state index is 0.586. The van der Waals surface area contributed by atoms with Gasteiger partial charge in [0.2, 0.25) is 0 Å². The van der Waals surface area contributed by atoms with Gasteiger partial charge in [0.05, 0.1) is 77.8 Å². The van der Waals surface area contributed by atoms with Crippen molar-refractivity contribution >= 4 is 11.4 Å². The Morgan fingerprint density at radius 3 is 1.21 bits per heavy atom. The Balaban J connectivity index is 1.44. The standard InChI is InChI=1S/C32H38N4O6/c1-35(21-9-11-27(33-19-21)25-15-23(37-3)17-29(39-5)31(25)41-7)13-14-36(2)22-10-12-28(34-20-22)26-16-24(38-4)18-30(40-6)32(26)42-8/h9-12,15-20H,13-14H2,1-8H3. The summed E-state index contributed by atoms with van der Waals surface area (Å²) in [5, 5.41) is 0. The molecule has 0 saturated carbocycles. The van der Waals surface area contributed by atoms with Crippen molar-refractivity contribution in [2.75, 3.05) is 79.6 Å². The van der Waals surface area contributed by atoms with E-state index in [1.807, 2.05) is 62.9 Å². The number of rotatable bonds is 13. The summed E-state index contributed by atoms with van der Waals surface area (Å²) in [4.78, 5) is 13.7. The van der Waals surface area contributed by atoms with E-state index in [4.69, 9.17) is 38.4 Å². The van der Waals surface area contributed by atoms with Gasteiger partial charge in [0.1, 0.15) is 11.5 Å². The molecule has 0 aliphatic heterocycles. The van der Waals surface area contributed by atoms with Crippen LogP contribution >= 0.6 is 0 Å². The quantitative estimate of drug-likeness (QED) is 0.206. The maximum Gasteiger partial charge on any atom is 0.170 e. The summed E-state index contributed by atoms with van der Waals surface area (Å²) in [7, 11) is 13.8. The molecule has 4 aromatic rings. The first-order chi connectivity index (χ1) is 20.4. The third-order valence-corrected chi connectivity index (χ3v) is 7.08. The first-order valence-electron chi connectivity index (χ1n) is 13.3. The first-order valence-corrected chi connectivity index (χ1v) is 13.3. The van der Waals surface area contributed by atoms with E-state index >= 15 is 0 Å². The van der Waals surface area contributed by atoms with Gasteiger partial charge in [-0.15, -0.1) is 0 Å². The van der Waals surface area contributed by atoms with E-state index in [0.29, 0.717) is 34.5 Å². The largest absolute Gasteiger partial charge is 0.497 e. The second kappa shape index (κ2) is 13.7. The fourth-order valence-electron chi connectivity index (χ4n) is 4.60. The predicted molar refractivity (Wildman–Crippen MR) is 165 cm³/mol. The number of hydrogen-bond acceptors (Lipinski definition) is 10.